The number of nitrogens with one attached hydrogen (secondary N) is 1. The van der Waals surface area contributed by atoms with E-state index in [2.05, 4.69) is 10.3 Å². The molecule has 3 aromatic rings. The number of aromatic nitrogens is 1. The third kappa shape index (κ3) is 2.28. The van der Waals surface area contributed by atoms with Crippen molar-refractivity contribution in [3.05, 3.63) is 59.2 Å². The van der Waals surface area contributed by atoms with Gasteiger partial charge in [-0.1, -0.05) is 29.8 Å². The summed E-state index contributed by atoms with van der Waals surface area (Å²) in [5.74, 6) is 0. The van der Waals surface area contributed by atoms with Crippen LogP contribution in [0.25, 0.3) is 10.9 Å². The number of rotatable bonds is 2. The number of nitrogen functional groups attached to an aromatic ring is 1. The second kappa shape index (κ2) is 5.02. The zero-order chi connectivity index (χ0) is 14.1. The predicted octanol–water partition coefficient (Wildman–Crippen LogP) is 4.52. The van der Waals surface area contributed by atoms with Gasteiger partial charge >= 0.3 is 0 Å². The molecule has 0 aliphatic heterocycles. The van der Waals surface area contributed by atoms with Crippen LogP contribution in [-0.2, 0) is 0 Å². The van der Waals surface area contributed by atoms with Crippen molar-refractivity contribution in [2.45, 2.75) is 6.92 Å². The van der Waals surface area contributed by atoms with Crippen LogP contribution in [0.4, 0.5) is 17.1 Å². The van der Waals surface area contributed by atoms with E-state index in [-0.39, 0.29) is 0 Å². The molecule has 0 amide bonds. The molecule has 0 radical (unpaired) electrons. The van der Waals surface area contributed by atoms with Gasteiger partial charge in [0.25, 0.3) is 0 Å². The summed E-state index contributed by atoms with van der Waals surface area (Å²) in [5.41, 5.74) is 10.2. The lowest BCUT2D eigenvalue weighted by Gasteiger charge is -2.13. The number of hydrogen-bond acceptors (Lipinski definition) is 3. The van der Waals surface area contributed by atoms with E-state index in [0.29, 0.717) is 10.7 Å². The van der Waals surface area contributed by atoms with Crippen molar-refractivity contribution in [2.24, 2.45) is 0 Å². The molecule has 2 aromatic carbocycles. The normalized spacial score (nSPS) is 10.7. The van der Waals surface area contributed by atoms with Crippen molar-refractivity contribution < 1.29 is 0 Å². The Morgan fingerprint density at radius 3 is 2.75 bits per heavy atom. The van der Waals surface area contributed by atoms with Crippen molar-refractivity contribution in [2.75, 3.05) is 11.1 Å². The maximum absolute atomic E-state index is 6.09. The van der Waals surface area contributed by atoms with Gasteiger partial charge in [-0.15, -0.1) is 0 Å². The fourth-order valence-corrected chi connectivity index (χ4v) is 2.35. The molecule has 0 aliphatic rings. The van der Waals surface area contributed by atoms with Gasteiger partial charge in [-0.2, -0.15) is 0 Å². The Balaban J connectivity index is 2.08. The summed E-state index contributed by atoms with van der Waals surface area (Å²) in [6, 6.07) is 13.7. The number of aryl methyl sites for hydroxylation is 1. The van der Waals surface area contributed by atoms with Gasteiger partial charge < -0.3 is 11.1 Å². The van der Waals surface area contributed by atoms with Gasteiger partial charge in [0.1, 0.15) is 0 Å². The molecule has 3 nitrogen and oxygen atoms in total. The van der Waals surface area contributed by atoms with E-state index in [1.165, 1.54) is 0 Å². The third-order valence-electron chi connectivity index (χ3n) is 3.25. The minimum atomic E-state index is 0.547. The van der Waals surface area contributed by atoms with Crippen LogP contribution < -0.4 is 11.1 Å². The molecular formula is C16H14ClN3. The monoisotopic (exact) mass is 283 g/mol. The van der Waals surface area contributed by atoms with Crippen LogP contribution in [0, 0.1) is 6.92 Å². The largest absolute Gasteiger partial charge is 0.398 e. The molecule has 20 heavy (non-hydrogen) atoms. The second-order valence-electron chi connectivity index (χ2n) is 4.69. The average molecular weight is 284 g/mol. The molecule has 0 aliphatic carbocycles. The van der Waals surface area contributed by atoms with Gasteiger partial charge in [0.05, 0.1) is 21.9 Å². The number of nitrogens with zero attached hydrogens (tertiary/aromatic N) is 1. The minimum absolute atomic E-state index is 0.547. The second-order valence-corrected chi connectivity index (χ2v) is 5.10. The molecule has 1 heterocycles. The average Bonchev–Trinajstić information content (AvgIpc) is 2.45. The fraction of sp³-hybridized carbons (Fsp3) is 0.0625. The first-order chi connectivity index (χ1) is 9.65. The van der Waals surface area contributed by atoms with Crippen LogP contribution in [-0.4, -0.2) is 4.98 Å². The van der Waals surface area contributed by atoms with Gasteiger partial charge in [0, 0.05) is 17.3 Å². The SMILES string of the molecule is Cc1cc(N)c(Cl)cc1Nc1cccc2cccnc12. The van der Waals surface area contributed by atoms with Gasteiger partial charge in [0.15, 0.2) is 0 Å². The lowest BCUT2D eigenvalue weighted by molar-refractivity contribution is 1.39. The molecule has 0 saturated heterocycles. The first-order valence-electron chi connectivity index (χ1n) is 6.31. The van der Waals surface area contributed by atoms with E-state index >= 15 is 0 Å². The number of anilines is 3. The number of hydrogen-bond donors (Lipinski definition) is 2. The van der Waals surface area contributed by atoms with Gasteiger partial charge in [0.2, 0.25) is 0 Å². The first kappa shape index (κ1) is 12.8. The van der Waals surface area contributed by atoms with Crippen molar-refractivity contribution in [1.29, 1.82) is 0 Å². The Labute approximate surface area is 122 Å². The molecule has 0 saturated carbocycles. The summed E-state index contributed by atoms with van der Waals surface area (Å²) in [7, 11) is 0. The number of pyridine rings is 1. The van der Waals surface area contributed by atoms with Crippen molar-refractivity contribution in [1.82, 2.24) is 4.98 Å². The van der Waals surface area contributed by atoms with Crippen LogP contribution in [0.5, 0.6) is 0 Å². The molecule has 0 spiro atoms. The van der Waals surface area contributed by atoms with E-state index in [4.69, 9.17) is 17.3 Å². The number of fused-ring (bicyclic) bond motifs is 1. The smallest absolute Gasteiger partial charge is 0.0936 e. The number of nitrogens with two attached hydrogens (primary N) is 1. The van der Waals surface area contributed by atoms with Crippen LogP contribution in [0.3, 0.4) is 0 Å². The highest BCUT2D eigenvalue weighted by molar-refractivity contribution is 6.33. The summed E-state index contributed by atoms with van der Waals surface area (Å²) in [4.78, 5) is 4.43. The molecule has 4 heteroatoms. The van der Waals surface area contributed by atoms with Crippen LogP contribution in [0.1, 0.15) is 5.56 Å². The molecule has 3 N–H and O–H groups in total. The lowest BCUT2D eigenvalue weighted by Crippen LogP contribution is -1.97. The highest BCUT2D eigenvalue weighted by atomic mass is 35.5. The zero-order valence-electron chi connectivity index (χ0n) is 11.0. The van der Waals surface area contributed by atoms with E-state index in [1.54, 1.807) is 6.20 Å². The summed E-state index contributed by atoms with van der Waals surface area (Å²) in [6.45, 7) is 1.99. The third-order valence-corrected chi connectivity index (χ3v) is 3.57. The fourth-order valence-electron chi connectivity index (χ4n) is 2.19. The number of benzene rings is 2. The van der Waals surface area contributed by atoms with Crippen LogP contribution in [0.2, 0.25) is 5.02 Å². The minimum Gasteiger partial charge on any atom is -0.398 e. The van der Waals surface area contributed by atoms with Crippen molar-refractivity contribution in [3.63, 3.8) is 0 Å². The van der Waals surface area contributed by atoms with Gasteiger partial charge in [-0.25, -0.2) is 0 Å². The highest BCUT2D eigenvalue weighted by Crippen LogP contribution is 2.31. The van der Waals surface area contributed by atoms with Gasteiger partial charge in [-0.05, 0) is 36.8 Å². The molecule has 0 bridgehead atoms. The van der Waals surface area contributed by atoms with E-state index in [1.807, 2.05) is 49.4 Å². The molecule has 100 valence electrons. The maximum Gasteiger partial charge on any atom is 0.0936 e. The molecule has 0 unspecified atom stereocenters. The topological polar surface area (TPSA) is 50.9 Å². The Bertz CT molecular complexity index is 779. The zero-order valence-corrected chi connectivity index (χ0v) is 11.8. The Hall–Kier alpha value is -2.26. The lowest BCUT2D eigenvalue weighted by atomic mass is 10.1. The highest BCUT2D eigenvalue weighted by Gasteiger charge is 2.06. The summed E-state index contributed by atoms with van der Waals surface area (Å²) >= 11 is 6.09. The van der Waals surface area contributed by atoms with E-state index < -0.39 is 0 Å². The molecule has 0 fully saturated rings. The molecule has 3 rings (SSSR count). The maximum atomic E-state index is 6.09. The van der Waals surface area contributed by atoms with Crippen molar-refractivity contribution in [3.8, 4) is 0 Å². The molecular weight excluding hydrogens is 270 g/mol. The predicted molar refractivity (Wildman–Crippen MR) is 85.6 cm³/mol. The van der Waals surface area contributed by atoms with E-state index in [9.17, 15) is 0 Å². The summed E-state index contributed by atoms with van der Waals surface area (Å²) in [5, 5.41) is 5.02. The quantitative estimate of drug-likeness (QED) is 0.680. The van der Waals surface area contributed by atoms with E-state index in [0.717, 1.165) is 27.8 Å². The molecule has 1 aromatic heterocycles. The number of para-hydroxylation sites is 1. The first-order valence-corrected chi connectivity index (χ1v) is 6.69. The van der Waals surface area contributed by atoms with Crippen LogP contribution in [0.15, 0.2) is 48.7 Å². The Morgan fingerprint density at radius 1 is 1.10 bits per heavy atom. The summed E-state index contributed by atoms with van der Waals surface area (Å²) in [6.07, 6.45) is 1.79. The molecule has 0 atom stereocenters. The Morgan fingerprint density at radius 2 is 1.90 bits per heavy atom. The standard InChI is InChI=1S/C16H14ClN3/c1-10-8-13(18)12(17)9-15(10)20-14-6-2-4-11-5-3-7-19-16(11)14/h2-9,20H,18H2,1H3. The Kier molecular flexibility index (Phi) is 3.20. The van der Waals surface area contributed by atoms with Crippen molar-refractivity contribution >= 4 is 39.6 Å². The van der Waals surface area contributed by atoms with Crippen LogP contribution >= 0.6 is 11.6 Å². The van der Waals surface area contributed by atoms with Gasteiger partial charge in [-0.3, -0.25) is 4.98 Å². The summed E-state index contributed by atoms with van der Waals surface area (Å²) < 4.78 is 0. The number of halogens is 1.